The van der Waals surface area contributed by atoms with Gasteiger partial charge in [0.25, 0.3) is 0 Å². The third kappa shape index (κ3) is 5.68. The second kappa shape index (κ2) is 10.5. The molecule has 0 aromatic heterocycles. The van der Waals surface area contributed by atoms with Gasteiger partial charge < -0.3 is 28.5 Å². The third-order valence-electron chi connectivity index (χ3n) is 8.54. The van der Waals surface area contributed by atoms with Crippen LogP contribution in [0.5, 0.6) is 17.2 Å². The molecule has 0 aliphatic carbocycles. The minimum atomic E-state index is -2.22. The van der Waals surface area contributed by atoms with Crippen LogP contribution in [0.2, 0.25) is 36.3 Å². The molecule has 3 rings (SSSR count). The summed E-state index contributed by atoms with van der Waals surface area (Å²) >= 11 is 3.53. The molecule has 1 aliphatic rings. The van der Waals surface area contributed by atoms with E-state index in [1.165, 1.54) is 7.11 Å². The summed E-state index contributed by atoms with van der Waals surface area (Å²) in [5.41, 5.74) is 0.362. The average molecular weight is 626 g/mol. The van der Waals surface area contributed by atoms with E-state index in [-0.39, 0.29) is 33.8 Å². The van der Waals surface area contributed by atoms with Crippen molar-refractivity contribution >= 4 is 49.1 Å². The van der Waals surface area contributed by atoms with Crippen molar-refractivity contribution in [2.75, 3.05) is 7.11 Å². The highest BCUT2D eigenvalue weighted by Gasteiger charge is 2.48. The van der Waals surface area contributed by atoms with Gasteiger partial charge in [-0.25, -0.2) is 0 Å². The fourth-order valence-corrected chi connectivity index (χ4v) is 7.28. The molecule has 212 valence electrons. The molecule has 2 aromatic carbocycles. The molecule has 0 saturated heterocycles. The van der Waals surface area contributed by atoms with Crippen molar-refractivity contribution in [1.82, 2.24) is 0 Å². The smallest absolute Gasteiger partial charge is 0.193 e. The lowest BCUT2D eigenvalue weighted by Crippen LogP contribution is -2.55. The summed E-state index contributed by atoms with van der Waals surface area (Å²) in [6.45, 7) is 24.2. The Balaban J connectivity index is 2.23. The third-order valence-corrected chi connectivity index (χ3v) is 18.3. The topological polar surface area (TPSA) is 77.4 Å². The van der Waals surface area contributed by atoms with Gasteiger partial charge in [0.05, 0.1) is 28.6 Å². The predicted octanol–water partition coefficient (Wildman–Crippen LogP) is 8.56. The van der Waals surface area contributed by atoms with Gasteiger partial charge in [0.15, 0.2) is 16.6 Å². The minimum absolute atomic E-state index is 0.00497. The summed E-state index contributed by atoms with van der Waals surface area (Å²) in [6.07, 6.45) is 0.836. The summed E-state index contributed by atoms with van der Waals surface area (Å²) in [6, 6.07) is 5.27. The first kappa shape index (κ1) is 31.0. The average Bonchev–Trinajstić information content (AvgIpc) is 2.77. The number of fused-ring (bicyclic) bond motifs is 1. The van der Waals surface area contributed by atoms with Crippen LogP contribution in [0, 0.1) is 0 Å². The standard InChI is InChI=1S/C29H45BrO6Si2/c1-17-27(36-38(11,12)29(5,6)7)21(35-37(9,10)28(2,3)4)16-20(34-17)23-24(30)25(31)18-14-13-15-19(33-8)22(18)26(23)32/h13-17,21,27,31-32H,1-12H3/t17-,21-,27-/m0/s1. The molecule has 2 aromatic rings. The van der Waals surface area contributed by atoms with E-state index in [1.54, 1.807) is 18.2 Å². The van der Waals surface area contributed by atoms with Crippen molar-refractivity contribution in [2.45, 2.75) is 103 Å². The van der Waals surface area contributed by atoms with Crippen molar-refractivity contribution in [3.63, 3.8) is 0 Å². The van der Waals surface area contributed by atoms with Crippen LogP contribution < -0.4 is 4.74 Å². The normalized spacial score (nSPS) is 21.3. The van der Waals surface area contributed by atoms with Crippen LogP contribution in [0.15, 0.2) is 28.7 Å². The maximum Gasteiger partial charge on any atom is 0.193 e. The van der Waals surface area contributed by atoms with Crippen molar-refractivity contribution in [2.24, 2.45) is 0 Å². The van der Waals surface area contributed by atoms with Gasteiger partial charge in [0.1, 0.15) is 35.2 Å². The zero-order valence-corrected chi connectivity index (χ0v) is 28.5. The van der Waals surface area contributed by atoms with Crippen molar-refractivity contribution in [1.29, 1.82) is 0 Å². The van der Waals surface area contributed by atoms with Gasteiger partial charge in [-0.15, -0.1) is 0 Å². The SMILES string of the molecule is COc1cccc2c(O)c(Br)c(C3=C[C@H](O[Si](C)(C)C(C)(C)C)[C@@H](O[Si](C)(C)C(C)(C)C)[C@H](C)O3)c(O)c12. The number of halogens is 1. The fourth-order valence-electron chi connectivity index (χ4n) is 4.09. The molecule has 0 amide bonds. The Morgan fingerprint density at radius 3 is 1.97 bits per heavy atom. The first-order valence-corrected chi connectivity index (χ1v) is 19.8. The second-order valence-electron chi connectivity index (χ2n) is 13.3. The van der Waals surface area contributed by atoms with Gasteiger partial charge in [-0.2, -0.15) is 0 Å². The Kier molecular flexibility index (Phi) is 8.54. The molecule has 2 N–H and O–H groups in total. The van der Waals surface area contributed by atoms with Crippen LogP contribution in [-0.2, 0) is 13.6 Å². The van der Waals surface area contributed by atoms with E-state index >= 15 is 0 Å². The molecule has 0 spiro atoms. The highest BCUT2D eigenvalue weighted by Crippen LogP contribution is 2.51. The van der Waals surface area contributed by atoms with E-state index in [0.717, 1.165) is 0 Å². The van der Waals surface area contributed by atoms with Gasteiger partial charge in [-0.05, 0) is 71.3 Å². The van der Waals surface area contributed by atoms with Gasteiger partial charge in [-0.1, -0.05) is 53.7 Å². The molecule has 0 saturated carbocycles. The number of hydrogen-bond donors (Lipinski definition) is 2. The predicted molar refractivity (Wildman–Crippen MR) is 164 cm³/mol. The fraction of sp³-hybridized carbons (Fsp3) is 0.586. The lowest BCUT2D eigenvalue weighted by Gasteiger charge is -2.47. The number of hydrogen-bond acceptors (Lipinski definition) is 6. The van der Waals surface area contributed by atoms with Crippen LogP contribution >= 0.6 is 15.9 Å². The first-order chi connectivity index (χ1) is 17.2. The van der Waals surface area contributed by atoms with E-state index in [2.05, 4.69) is 83.7 Å². The number of phenolic OH excluding ortho intramolecular Hbond substituents is 2. The van der Waals surface area contributed by atoms with Crippen molar-refractivity contribution in [3.05, 3.63) is 34.3 Å². The highest BCUT2D eigenvalue weighted by atomic mass is 79.9. The molecule has 0 fully saturated rings. The maximum atomic E-state index is 11.5. The van der Waals surface area contributed by atoms with Crippen LogP contribution in [0.25, 0.3) is 16.5 Å². The molecule has 0 bridgehead atoms. The Morgan fingerprint density at radius 2 is 1.45 bits per heavy atom. The minimum Gasteiger partial charge on any atom is -0.506 e. The van der Waals surface area contributed by atoms with Crippen LogP contribution in [-0.4, -0.2) is 52.3 Å². The molecular weight excluding hydrogens is 580 g/mol. The molecule has 1 aliphatic heterocycles. The number of aromatic hydroxyl groups is 2. The van der Waals surface area contributed by atoms with E-state index in [0.29, 0.717) is 32.3 Å². The molecular formula is C29H45BrO6Si2. The zero-order chi connectivity index (χ0) is 29.0. The molecule has 38 heavy (non-hydrogen) atoms. The van der Waals surface area contributed by atoms with Gasteiger partial charge in [0.2, 0.25) is 0 Å². The Morgan fingerprint density at radius 1 is 0.895 bits per heavy atom. The van der Waals surface area contributed by atoms with Crippen molar-refractivity contribution < 1.29 is 28.5 Å². The van der Waals surface area contributed by atoms with E-state index in [9.17, 15) is 10.2 Å². The van der Waals surface area contributed by atoms with E-state index < -0.39 is 22.7 Å². The Bertz CT molecular complexity index is 1230. The van der Waals surface area contributed by atoms with Gasteiger partial charge >= 0.3 is 0 Å². The molecule has 0 unspecified atom stereocenters. The van der Waals surface area contributed by atoms with Gasteiger partial charge in [-0.3, -0.25) is 0 Å². The van der Waals surface area contributed by atoms with E-state index in [1.807, 2.05) is 13.0 Å². The molecule has 1 heterocycles. The second-order valence-corrected chi connectivity index (χ2v) is 23.6. The number of rotatable bonds is 6. The Hall–Kier alpha value is -1.53. The summed E-state index contributed by atoms with van der Waals surface area (Å²) < 4.78 is 26.2. The number of methoxy groups -OCH3 is 1. The maximum absolute atomic E-state index is 11.5. The van der Waals surface area contributed by atoms with E-state index in [4.69, 9.17) is 18.3 Å². The number of benzene rings is 2. The van der Waals surface area contributed by atoms with Gasteiger partial charge in [0, 0.05) is 5.39 Å². The molecule has 3 atom stereocenters. The molecule has 0 radical (unpaired) electrons. The summed E-state index contributed by atoms with van der Waals surface area (Å²) in [5, 5.41) is 23.5. The zero-order valence-electron chi connectivity index (χ0n) is 24.9. The number of ether oxygens (including phenoxy) is 2. The highest BCUT2D eigenvalue weighted by molar-refractivity contribution is 9.10. The van der Waals surface area contributed by atoms with Crippen molar-refractivity contribution in [3.8, 4) is 17.2 Å². The summed E-state index contributed by atoms with van der Waals surface area (Å²) in [4.78, 5) is 0. The first-order valence-electron chi connectivity index (χ1n) is 13.2. The Labute approximate surface area is 238 Å². The summed E-state index contributed by atoms with van der Waals surface area (Å²) in [5.74, 6) is 0.867. The van der Waals surface area contributed by atoms with Crippen LogP contribution in [0.4, 0.5) is 0 Å². The lowest BCUT2D eigenvalue weighted by molar-refractivity contribution is -0.0332. The molecule has 9 heteroatoms. The quantitative estimate of drug-likeness (QED) is 0.247. The largest absolute Gasteiger partial charge is 0.506 e. The number of phenols is 2. The van der Waals surface area contributed by atoms with Crippen LogP contribution in [0.1, 0.15) is 54.0 Å². The lowest BCUT2D eigenvalue weighted by atomic mass is 9.98. The molecule has 6 nitrogen and oxygen atoms in total. The van der Waals surface area contributed by atoms with Crippen LogP contribution in [0.3, 0.4) is 0 Å². The monoisotopic (exact) mass is 624 g/mol. The summed E-state index contributed by atoms with van der Waals surface area (Å²) in [7, 11) is -2.85.